The molecule has 1 aromatic rings. The quantitative estimate of drug-likeness (QED) is 0.454. The third-order valence-corrected chi connectivity index (χ3v) is 13.6. The number of fused-ring (bicyclic) bond motifs is 2. The second-order valence-corrected chi connectivity index (χ2v) is 16.8. The number of nitrogens with zero attached hydrogens (tertiary/aromatic N) is 1. The average Bonchev–Trinajstić information content (AvgIpc) is 3.05. The Morgan fingerprint density at radius 1 is 0.828 bits per heavy atom. The van der Waals surface area contributed by atoms with E-state index in [2.05, 4.69) is 70.5 Å². The van der Waals surface area contributed by atoms with Crippen LogP contribution in [0.15, 0.2) is 18.2 Å². The number of hydrogen-bond donors (Lipinski definition) is 0. The molecule has 0 N–H and O–H groups in total. The molecule has 4 rings (SSSR count). The standard InChI is InChI=1S/C27H45NSi/c1-19-11-10-12-20(2)26(19)28(27(3,4)5)29(6,7)25-16-15-23-17-21-13-8-9-14-22(21)18-24(23)25/h10-12,21-25H,8-9,13-18H2,1-7H3. The maximum absolute atomic E-state index is 2.96. The van der Waals surface area contributed by atoms with Gasteiger partial charge in [0, 0.05) is 11.2 Å². The number of benzene rings is 1. The van der Waals surface area contributed by atoms with Crippen LogP contribution < -0.4 is 4.57 Å². The monoisotopic (exact) mass is 411 g/mol. The summed E-state index contributed by atoms with van der Waals surface area (Å²) >= 11 is 0. The van der Waals surface area contributed by atoms with E-state index in [0.717, 1.165) is 29.2 Å². The van der Waals surface area contributed by atoms with Gasteiger partial charge in [0.1, 0.15) is 0 Å². The first-order valence-electron chi connectivity index (χ1n) is 12.5. The van der Waals surface area contributed by atoms with E-state index < -0.39 is 8.24 Å². The van der Waals surface area contributed by atoms with Crippen LogP contribution in [0.4, 0.5) is 5.69 Å². The lowest BCUT2D eigenvalue weighted by Crippen LogP contribution is -2.62. The number of anilines is 1. The smallest absolute Gasteiger partial charge is 0.154 e. The Kier molecular flexibility index (Phi) is 5.73. The van der Waals surface area contributed by atoms with Crippen LogP contribution in [0, 0.1) is 37.5 Å². The summed E-state index contributed by atoms with van der Waals surface area (Å²) in [6.45, 7) is 17.5. The van der Waals surface area contributed by atoms with E-state index in [-0.39, 0.29) is 5.54 Å². The minimum Gasteiger partial charge on any atom is -0.393 e. The summed E-state index contributed by atoms with van der Waals surface area (Å²) in [4.78, 5) is 0. The molecule has 1 aromatic carbocycles. The Labute approximate surface area is 181 Å². The summed E-state index contributed by atoms with van der Waals surface area (Å²) in [5.74, 6) is 4.17. The van der Waals surface area contributed by atoms with Crippen molar-refractivity contribution in [3.8, 4) is 0 Å². The van der Waals surface area contributed by atoms with Crippen molar-refractivity contribution in [2.75, 3.05) is 4.57 Å². The molecule has 29 heavy (non-hydrogen) atoms. The van der Waals surface area contributed by atoms with E-state index >= 15 is 0 Å². The molecule has 0 spiro atoms. The molecule has 2 heteroatoms. The highest BCUT2D eigenvalue weighted by molar-refractivity contribution is 6.82. The minimum absolute atomic E-state index is 0.173. The normalized spacial score (nSPS) is 32.6. The van der Waals surface area contributed by atoms with Crippen molar-refractivity contribution < 1.29 is 0 Å². The van der Waals surface area contributed by atoms with Gasteiger partial charge in [-0.15, -0.1) is 0 Å². The van der Waals surface area contributed by atoms with Crippen LogP contribution in [-0.2, 0) is 0 Å². The van der Waals surface area contributed by atoms with E-state index in [1.165, 1.54) is 49.7 Å². The summed E-state index contributed by atoms with van der Waals surface area (Å²) in [7, 11) is -1.67. The molecule has 1 nitrogen and oxygen atoms in total. The fourth-order valence-corrected chi connectivity index (χ4v) is 13.5. The van der Waals surface area contributed by atoms with E-state index in [9.17, 15) is 0 Å². The number of aryl methyl sites for hydroxylation is 2. The molecule has 5 unspecified atom stereocenters. The summed E-state index contributed by atoms with van der Waals surface area (Å²) < 4.78 is 2.96. The molecule has 3 aliphatic rings. The zero-order valence-electron chi connectivity index (χ0n) is 20.2. The second-order valence-electron chi connectivity index (χ2n) is 12.3. The Balaban J connectivity index is 1.68. The number of para-hydroxylation sites is 1. The predicted molar refractivity (Wildman–Crippen MR) is 130 cm³/mol. The van der Waals surface area contributed by atoms with Gasteiger partial charge in [0.05, 0.1) is 0 Å². The molecular weight excluding hydrogens is 366 g/mol. The summed E-state index contributed by atoms with van der Waals surface area (Å²) in [5.41, 5.74) is 5.60. The molecule has 0 aromatic heterocycles. The number of hydrogen-bond acceptors (Lipinski definition) is 1. The van der Waals surface area contributed by atoms with Gasteiger partial charge >= 0.3 is 0 Å². The summed E-state index contributed by atoms with van der Waals surface area (Å²) in [6, 6.07) is 6.89. The lowest BCUT2D eigenvalue weighted by molar-refractivity contribution is 0.0934. The van der Waals surface area contributed by atoms with Crippen LogP contribution in [0.3, 0.4) is 0 Å². The molecular formula is C27H45NSi. The zero-order chi connectivity index (χ0) is 21.0. The molecule has 3 aliphatic carbocycles. The van der Waals surface area contributed by atoms with Crippen molar-refractivity contribution >= 4 is 13.9 Å². The second kappa shape index (κ2) is 7.73. The van der Waals surface area contributed by atoms with Gasteiger partial charge in [-0.2, -0.15) is 0 Å². The number of rotatable bonds is 3. The third kappa shape index (κ3) is 3.84. The highest BCUT2D eigenvalue weighted by Gasteiger charge is 2.53. The van der Waals surface area contributed by atoms with Crippen molar-refractivity contribution in [2.24, 2.45) is 23.7 Å². The van der Waals surface area contributed by atoms with E-state index in [1.54, 1.807) is 18.5 Å². The van der Waals surface area contributed by atoms with E-state index in [0.29, 0.717) is 0 Å². The van der Waals surface area contributed by atoms with Crippen LogP contribution in [-0.4, -0.2) is 13.8 Å². The molecule has 0 heterocycles. The highest BCUT2D eigenvalue weighted by Crippen LogP contribution is 2.59. The van der Waals surface area contributed by atoms with Crippen LogP contribution in [0.1, 0.15) is 83.3 Å². The lowest BCUT2D eigenvalue weighted by Gasteiger charge is -2.54. The van der Waals surface area contributed by atoms with Crippen LogP contribution in [0.25, 0.3) is 0 Å². The zero-order valence-corrected chi connectivity index (χ0v) is 21.2. The topological polar surface area (TPSA) is 3.24 Å². The van der Waals surface area contributed by atoms with Crippen LogP contribution >= 0.6 is 0 Å². The van der Waals surface area contributed by atoms with Crippen molar-refractivity contribution in [2.45, 2.75) is 110 Å². The van der Waals surface area contributed by atoms with Crippen molar-refractivity contribution in [3.63, 3.8) is 0 Å². The Bertz CT molecular complexity index is 710. The molecule has 0 saturated heterocycles. The van der Waals surface area contributed by atoms with Crippen LogP contribution in [0.5, 0.6) is 0 Å². The summed E-state index contributed by atoms with van der Waals surface area (Å²) in [6.07, 6.45) is 12.2. The first-order valence-corrected chi connectivity index (χ1v) is 15.5. The molecule has 0 aliphatic heterocycles. The molecule has 3 saturated carbocycles. The first-order chi connectivity index (χ1) is 13.6. The maximum Gasteiger partial charge on any atom is 0.154 e. The van der Waals surface area contributed by atoms with Crippen molar-refractivity contribution in [1.82, 2.24) is 0 Å². The van der Waals surface area contributed by atoms with Crippen molar-refractivity contribution in [1.29, 1.82) is 0 Å². The van der Waals surface area contributed by atoms with Gasteiger partial charge < -0.3 is 4.57 Å². The van der Waals surface area contributed by atoms with E-state index in [4.69, 9.17) is 0 Å². The molecule has 0 bridgehead atoms. The third-order valence-electron chi connectivity index (χ3n) is 9.04. The molecule has 0 amide bonds. The molecule has 5 atom stereocenters. The van der Waals surface area contributed by atoms with E-state index in [1.807, 2.05) is 0 Å². The Morgan fingerprint density at radius 2 is 1.41 bits per heavy atom. The van der Waals surface area contributed by atoms with Gasteiger partial charge in [-0.1, -0.05) is 69.8 Å². The fraction of sp³-hybridized carbons (Fsp3) is 0.778. The molecule has 0 radical (unpaired) electrons. The first kappa shape index (κ1) is 21.5. The Morgan fingerprint density at radius 3 is 2.00 bits per heavy atom. The maximum atomic E-state index is 2.96. The lowest BCUT2D eigenvalue weighted by atomic mass is 9.64. The fourth-order valence-electron chi connectivity index (χ4n) is 8.13. The molecule has 162 valence electrons. The van der Waals surface area contributed by atoms with Gasteiger partial charge in [-0.3, -0.25) is 0 Å². The highest BCUT2D eigenvalue weighted by atomic mass is 28.3. The largest absolute Gasteiger partial charge is 0.393 e. The molecule has 3 fully saturated rings. The summed E-state index contributed by atoms with van der Waals surface area (Å²) in [5, 5.41) is 0. The van der Waals surface area contributed by atoms with Gasteiger partial charge in [0.25, 0.3) is 0 Å². The average molecular weight is 412 g/mol. The van der Waals surface area contributed by atoms with Gasteiger partial charge in [-0.05, 0) is 87.8 Å². The predicted octanol–water partition coefficient (Wildman–Crippen LogP) is 8.11. The van der Waals surface area contributed by atoms with Gasteiger partial charge in [0.2, 0.25) is 0 Å². The van der Waals surface area contributed by atoms with Gasteiger partial charge in [0.15, 0.2) is 8.24 Å². The van der Waals surface area contributed by atoms with Crippen molar-refractivity contribution in [3.05, 3.63) is 29.3 Å². The SMILES string of the molecule is Cc1cccc(C)c1N(C(C)(C)C)[Si](C)(C)C1CCC2CC3CCCCC3CC21. The van der Waals surface area contributed by atoms with Crippen LogP contribution in [0.2, 0.25) is 18.6 Å². The van der Waals surface area contributed by atoms with Gasteiger partial charge in [-0.25, -0.2) is 0 Å². The minimum atomic E-state index is -1.67. The Hall–Kier alpha value is -0.763.